The van der Waals surface area contributed by atoms with E-state index in [9.17, 15) is 21.6 Å². The van der Waals surface area contributed by atoms with Crippen LogP contribution in [0.3, 0.4) is 0 Å². The third kappa shape index (κ3) is 66.8. The number of aliphatic hydroxyl groups is 2. The van der Waals surface area contributed by atoms with Crippen LogP contribution in [0.15, 0.2) is 53.1 Å². The first-order valence-corrected chi connectivity index (χ1v) is 65.8. The second kappa shape index (κ2) is 77.9. The molecule has 12 aliphatic rings. The van der Waals surface area contributed by atoms with Crippen molar-refractivity contribution in [2.45, 2.75) is 330 Å². The molecule has 1 aromatic carbocycles. The van der Waals surface area contributed by atoms with Crippen molar-refractivity contribution in [3.8, 4) is 24.3 Å². The number of ether oxygens (including phenoxy) is 1. The molecule has 0 atom stereocenters. The highest BCUT2D eigenvalue weighted by molar-refractivity contribution is 7.99. The number of furan rings is 1. The predicted molar refractivity (Wildman–Crippen MR) is 625 cm³/mol. The smallest absolute Gasteiger partial charge is 0.311 e. The highest BCUT2D eigenvalue weighted by Gasteiger charge is 2.37. The van der Waals surface area contributed by atoms with E-state index in [1.165, 1.54) is 453 Å². The van der Waals surface area contributed by atoms with Crippen LogP contribution in [-0.4, -0.2) is 448 Å². The molecule has 862 valence electrons. The summed E-state index contributed by atoms with van der Waals surface area (Å²) in [6, 6.07) is 23.7. The Morgan fingerprint density at radius 3 is 0.933 bits per heavy atom. The number of benzene rings is 1. The van der Waals surface area contributed by atoms with Crippen molar-refractivity contribution in [3.63, 3.8) is 0 Å². The molecule has 149 heavy (non-hydrogen) atoms. The second-order valence-electron chi connectivity index (χ2n) is 50.6. The van der Waals surface area contributed by atoms with E-state index in [1.54, 1.807) is 6.26 Å². The summed E-state index contributed by atoms with van der Waals surface area (Å²) >= 11 is 2.00. The number of likely N-dealkylation sites (tertiary alicyclic amines) is 9. The van der Waals surface area contributed by atoms with Gasteiger partial charge in [0.2, 0.25) is 0 Å². The van der Waals surface area contributed by atoms with Gasteiger partial charge in [0.05, 0.1) is 355 Å². The maximum atomic E-state index is 11.3. The van der Waals surface area contributed by atoms with Crippen LogP contribution in [0.4, 0.5) is 0 Å². The van der Waals surface area contributed by atoms with Crippen LogP contribution in [0, 0.1) is 45.3 Å². The lowest BCUT2D eigenvalue weighted by Crippen LogP contribution is -2.55. The Bertz CT molecular complexity index is 4010. The molecular formula is C121H238N16O9S3+12. The summed E-state index contributed by atoms with van der Waals surface area (Å²) in [6.45, 7) is 50.9. The topological polar surface area (TPSA) is 243 Å². The third-order valence-electron chi connectivity index (χ3n) is 35.4. The monoisotopic (exact) mass is 2160 g/mol. The molecule has 13 heterocycles. The van der Waals surface area contributed by atoms with E-state index in [2.05, 4.69) is 153 Å². The normalized spacial score (nSPS) is 23.2. The van der Waals surface area contributed by atoms with E-state index in [4.69, 9.17) is 40.4 Å². The molecule has 0 radical (unpaired) electrons. The molecule has 2 aromatic rings. The number of hydrogen-bond donors (Lipinski definition) is 2. The molecule has 0 unspecified atom stereocenters. The third-order valence-corrected chi connectivity index (χ3v) is 39.5. The molecule has 0 bridgehead atoms. The number of quaternary nitrogens is 12. The number of rotatable bonds is 27. The Balaban J connectivity index is 0.000000418. The largest absolute Gasteiger partial charge is 0.466 e. The molecule has 2 N–H and O–H groups in total. The zero-order chi connectivity index (χ0) is 110. The highest BCUT2D eigenvalue weighted by atomic mass is 32.2. The van der Waals surface area contributed by atoms with Crippen molar-refractivity contribution in [2.24, 2.45) is 0 Å². The van der Waals surface area contributed by atoms with Crippen molar-refractivity contribution in [1.29, 1.82) is 21.0 Å². The number of nitrogens with zero attached hydrogens (tertiary/aromatic N) is 16. The summed E-state index contributed by atoms with van der Waals surface area (Å²) in [6.07, 6.45) is 62.1. The summed E-state index contributed by atoms with van der Waals surface area (Å²) in [5, 5.41) is 51.7. The molecule has 1 aromatic heterocycles. The van der Waals surface area contributed by atoms with Gasteiger partial charge in [-0.2, -0.15) is 32.8 Å². The maximum absolute atomic E-state index is 11.3. The average Bonchev–Trinajstić information content (AvgIpc) is 1.54. The highest BCUT2D eigenvalue weighted by Crippen LogP contribution is 2.27. The Morgan fingerprint density at radius 2 is 0.611 bits per heavy atom. The molecule has 14 rings (SSSR count). The van der Waals surface area contributed by atoms with Crippen molar-refractivity contribution >= 4 is 37.4 Å². The molecule has 12 fully saturated rings. The minimum atomic E-state index is -2.78. The van der Waals surface area contributed by atoms with Crippen LogP contribution in [0.2, 0.25) is 0 Å². The average molecular weight is 2160 g/mol. The van der Waals surface area contributed by atoms with Crippen molar-refractivity contribution in [1.82, 2.24) is 0 Å². The summed E-state index contributed by atoms with van der Waals surface area (Å²) in [7, 11) is 21.8. The molecule has 25 nitrogen and oxygen atoms in total. The van der Waals surface area contributed by atoms with E-state index >= 15 is 0 Å². The van der Waals surface area contributed by atoms with Crippen LogP contribution in [0.25, 0.3) is 0 Å². The van der Waals surface area contributed by atoms with Crippen molar-refractivity contribution in [2.75, 3.05) is 361 Å². The lowest BCUT2D eigenvalue weighted by Gasteiger charge is -2.36. The number of carbonyl (C=O) groups is 1. The van der Waals surface area contributed by atoms with Gasteiger partial charge >= 0.3 is 5.97 Å². The number of hydrogen-bond acceptors (Lipinski definition) is 14. The number of aliphatic hydroxyl groups excluding tert-OH is 2. The zero-order valence-corrected chi connectivity index (χ0v) is 102. The lowest BCUT2D eigenvalue weighted by molar-refractivity contribution is -0.921. The number of esters is 1. The minimum Gasteiger partial charge on any atom is -0.466 e. The van der Waals surface area contributed by atoms with Gasteiger partial charge in [-0.3, -0.25) is 4.79 Å². The molecule has 0 saturated carbocycles. The van der Waals surface area contributed by atoms with Crippen LogP contribution < -0.4 is 0 Å². The lowest BCUT2D eigenvalue weighted by atomic mass is 10.2. The van der Waals surface area contributed by atoms with Gasteiger partial charge in [0.1, 0.15) is 38.3 Å². The van der Waals surface area contributed by atoms with E-state index in [0.29, 0.717) is 81.4 Å². The molecule has 12 saturated heterocycles. The minimum absolute atomic E-state index is 0.0407. The van der Waals surface area contributed by atoms with Gasteiger partial charge in [-0.1, -0.05) is 57.0 Å². The standard InChI is InChI=1S/C14H22N.C12H24NO2.C12H26N.C11H21N2.C11H24N.C10H19N2.C10H16NO3S.C9H17N2.C9H20NO.C9H20N.C7H13N2S.C7H16NO3S/c1-15(11-7-2-3-8-12-15)13-14-9-5-4-6-10-14;1-3-15-12(14)8-11-13(2)9-6-4-5-7-10-13;1-3-4-7-10-13(2)11-8-5-6-9-12-13;1-13(11-7-4-8-12)9-5-2-3-6-10-13;1-3-4-9-12(2)10-7-5-6-8-11-12;1-12(10-6-7-11)8-4-2-3-5-9-12;1-11(9-10-3-2-6-14-10)4-7-15(12,13)8-5-11;1-11(9-6-10)7-4-2-3-5-8-11;1-10(8-9-11)6-4-2-3-5-7-10;1-3-10(2)8-6-4-5-7-9-10;1-9(3-2-8)4-6-10-7-5-9;1-8(2-5-9)3-6-12(10,11)7-4-8/h4-6,9-10H,2-3,7-8,11-13H2,1H3;3-11H2,1-2H3;3-12H2,1-2H3;2-7,9-11H2,1H3;3-11H2,1-2H3;2-6,8-10H2,1H3;2-3,6H,4-5,7-9H2,1H3;2-5,7-9H2,1H3;11H,2-9H2,1H3;3-9H2,1-2H3;3-7H2,1H3;9H,2-7H2,1H3/q12*+1. The van der Waals surface area contributed by atoms with E-state index in [1.807, 2.05) is 37.9 Å². The van der Waals surface area contributed by atoms with Crippen molar-refractivity contribution in [3.05, 3.63) is 60.1 Å². The quantitative estimate of drug-likeness (QED) is 0.0366. The fourth-order valence-corrected chi connectivity index (χ4v) is 28.2. The van der Waals surface area contributed by atoms with Gasteiger partial charge in [0, 0.05) is 29.9 Å². The molecule has 0 spiro atoms. The van der Waals surface area contributed by atoms with Gasteiger partial charge in [-0.15, -0.1) is 0 Å². The first-order valence-electron chi connectivity index (χ1n) is 61.0. The second-order valence-corrected chi connectivity index (χ2v) is 56.4. The fourth-order valence-electron chi connectivity index (χ4n) is 23.6. The number of likely N-dealkylation sites (N-methyl/N-ethyl adjacent to an activating group) is 2. The summed E-state index contributed by atoms with van der Waals surface area (Å²) in [5.41, 5.74) is 1.49. The van der Waals surface area contributed by atoms with Crippen LogP contribution in [0.1, 0.15) is 328 Å². The van der Waals surface area contributed by atoms with Gasteiger partial charge in [-0.05, 0) is 276 Å². The van der Waals surface area contributed by atoms with Gasteiger partial charge < -0.3 is 73.2 Å². The Kier molecular flexibility index (Phi) is 72.6. The zero-order valence-electron chi connectivity index (χ0n) is 99.9. The van der Waals surface area contributed by atoms with Crippen LogP contribution in [-0.2, 0) is 42.3 Å². The first kappa shape index (κ1) is 139. The number of unbranched alkanes of at least 4 members (excludes halogenated alkanes) is 4. The Hall–Kier alpha value is -4.38. The molecule has 28 heteroatoms. The van der Waals surface area contributed by atoms with E-state index in [0.717, 1.165) is 91.2 Å². The SMILES string of the molecule is CCCCC[N+]1(C)CCCCCC1.CCCC[N+]1(C)CCCCCC1.CCOC(=O)CC[N+]1(C)CCCCCC1.CC[N+]1(C)CCCCCC1.C[N+]1(CC#N)CCCCCC1.C[N+]1(CC#N)CCSCC1.C[N+]1(CCC#N)CCCCCC1.C[N+]1(CCCC#N)CCCCCC1.C[N+]1(CCO)CCCCCC1.C[N+]1(CCO)CCS(=O)(=O)CC1.C[N+]1(Cc2ccccc2)CCCCCC1.C[N+]1(Cc2ccco2)CCS(=O)(=O)CC1. The molecular weight excluding hydrogens is 1920 g/mol. The number of carbonyl (C=O) groups excluding carboxylic acids is 1. The number of nitriles is 4. The summed E-state index contributed by atoms with van der Waals surface area (Å²) in [5.74, 6) is 4.45. The Labute approximate surface area is 922 Å². The molecule has 0 aliphatic carbocycles. The molecule has 0 amide bonds. The Morgan fingerprint density at radius 1 is 0.315 bits per heavy atom. The van der Waals surface area contributed by atoms with Crippen LogP contribution >= 0.6 is 11.8 Å². The summed E-state index contributed by atoms with van der Waals surface area (Å²) in [4.78, 5) is 11.3. The predicted octanol–water partition coefficient (Wildman–Crippen LogP) is 20.2. The van der Waals surface area contributed by atoms with E-state index in [-0.39, 0.29) is 24.1 Å². The van der Waals surface area contributed by atoms with Gasteiger partial charge in [-0.25, -0.2) is 16.8 Å². The first-order chi connectivity index (χ1) is 71.1. The van der Waals surface area contributed by atoms with Gasteiger partial charge in [0.25, 0.3) is 0 Å². The number of sulfone groups is 2. The van der Waals surface area contributed by atoms with Gasteiger partial charge in [0.15, 0.2) is 38.5 Å². The summed E-state index contributed by atoms with van der Waals surface area (Å²) < 4.78 is 68.2. The molecule has 12 aliphatic heterocycles. The van der Waals surface area contributed by atoms with Crippen molar-refractivity contribution < 1.29 is 94.8 Å². The fraction of sp³-hybridized carbons (Fsp3) is 0.876. The number of thioether (sulfide) groups is 1. The van der Waals surface area contributed by atoms with E-state index < -0.39 is 19.7 Å². The maximum Gasteiger partial charge on any atom is 0.311 e. The van der Waals surface area contributed by atoms with Crippen LogP contribution in [0.5, 0.6) is 0 Å².